The zero-order valence-electron chi connectivity index (χ0n) is 17.1. The minimum absolute atomic E-state index is 0.0750. The summed E-state index contributed by atoms with van der Waals surface area (Å²) in [5.41, 5.74) is 3.52. The molecule has 0 aliphatic carbocycles. The number of carbonyl (C=O) groups is 3. The molecule has 1 aliphatic heterocycles. The number of anilines is 3. The molecule has 3 amide bonds. The van der Waals surface area contributed by atoms with E-state index in [1.165, 1.54) is 0 Å². The van der Waals surface area contributed by atoms with Crippen LogP contribution in [0.5, 0.6) is 0 Å². The summed E-state index contributed by atoms with van der Waals surface area (Å²) >= 11 is 0. The first-order valence-corrected chi connectivity index (χ1v) is 9.98. The lowest BCUT2D eigenvalue weighted by Crippen LogP contribution is -2.35. The highest BCUT2D eigenvalue weighted by Gasteiger charge is 2.20. The van der Waals surface area contributed by atoms with Crippen LogP contribution < -0.4 is 15.5 Å². The predicted molar refractivity (Wildman–Crippen MR) is 115 cm³/mol. The Morgan fingerprint density at radius 2 is 1.72 bits per heavy atom. The second-order valence-electron chi connectivity index (χ2n) is 7.68. The predicted octanol–water partition coefficient (Wildman–Crippen LogP) is 4.36. The van der Waals surface area contributed by atoms with Crippen molar-refractivity contribution in [2.24, 2.45) is 5.92 Å². The summed E-state index contributed by atoms with van der Waals surface area (Å²) in [6, 6.07) is 12.5. The fourth-order valence-corrected chi connectivity index (χ4v) is 3.19. The van der Waals surface area contributed by atoms with E-state index in [-0.39, 0.29) is 23.6 Å². The summed E-state index contributed by atoms with van der Waals surface area (Å²) in [4.78, 5) is 38.4. The molecule has 152 valence electrons. The van der Waals surface area contributed by atoms with Crippen LogP contribution in [0.2, 0.25) is 0 Å². The molecule has 0 spiro atoms. The fourth-order valence-electron chi connectivity index (χ4n) is 3.19. The summed E-state index contributed by atoms with van der Waals surface area (Å²) < 4.78 is 0. The summed E-state index contributed by atoms with van der Waals surface area (Å²) in [6.45, 7) is 6.27. The van der Waals surface area contributed by atoms with Gasteiger partial charge in [0, 0.05) is 41.5 Å². The molecule has 6 heteroatoms. The Morgan fingerprint density at radius 1 is 1.00 bits per heavy atom. The zero-order chi connectivity index (χ0) is 21.0. The van der Waals surface area contributed by atoms with Gasteiger partial charge >= 0.3 is 0 Å². The van der Waals surface area contributed by atoms with Crippen molar-refractivity contribution in [2.75, 3.05) is 22.1 Å². The van der Waals surface area contributed by atoms with E-state index in [4.69, 9.17) is 0 Å². The fraction of sp³-hybridized carbons (Fsp3) is 0.348. The lowest BCUT2D eigenvalue weighted by atomic mass is 10.1. The van der Waals surface area contributed by atoms with E-state index in [0.29, 0.717) is 23.4 Å². The SMILES string of the molecule is Cc1ccc(NC(=O)C(C)C)cc1NC(=O)c1ccc(N2CCCCC2=O)cc1. The number of carbonyl (C=O) groups excluding carboxylic acids is 3. The maximum Gasteiger partial charge on any atom is 0.255 e. The van der Waals surface area contributed by atoms with Crippen LogP contribution in [0.1, 0.15) is 49.0 Å². The Labute approximate surface area is 171 Å². The second-order valence-corrected chi connectivity index (χ2v) is 7.68. The lowest BCUT2D eigenvalue weighted by molar-refractivity contribution is -0.120. The van der Waals surface area contributed by atoms with Crippen LogP contribution in [0.4, 0.5) is 17.1 Å². The minimum atomic E-state index is -0.239. The quantitative estimate of drug-likeness (QED) is 0.792. The van der Waals surface area contributed by atoms with Crippen LogP contribution in [0, 0.1) is 12.8 Å². The van der Waals surface area contributed by atoms with Crippen molar-refractivity contribution in [1.82, 2.24) is 0 Å². The van der Waals surface area contributed by atoms with Crippen LogP contribution in [0.25, 0.3) is 0 Å². The normalized spacial score (nSPS) is 14.1. The lowest BCUT2D eigenvalue weighted by Gasteiger charge is -2.26. The van der Waals surface area contributed by atoms with Crippen LogP contribution >= 0.6 is 0 Å². The van der Waals surface area contributed by atoms with Gasteiger partial charge in [-0.2, -0.15) is 0 Å². The van der Waals surface area contributed by atoms with E-state index >= 15 is 0 Å². The molecule has 29 heavy (non-hydrogen) atoms. The smallest absolute Gasteiger partial charge is 0.255 e. The molecule has 2 aromatic rings. The molecule has 3 rings (SSSR count). The van der Waals surface area contributed by atoms with Crippen LogP contribution in [-0.4, -0.2) is 24.3 Å². The van der Waals surface area contributed by atoms with Crippen LogP contribution in [0.3, 0.4) is 0 Å². The minimum Gasteiger partial charge on any atom is -0.326 e. The van der Waals surface area contributed by atoms with Crippen molar-refractivity contribution in [3.05, 3.63) is 53.6 Å². The third kappa shape index (κ3) is 5.02. The molecule has 0 unspecified atom stereocenters. The maximum atomic E-state index is 12.7. The van der Waals surface area contributed by atoms with Crippen molar-refractivity contribution in [3.63, 3.8) is 0 Å². The number of amides is 3. The largest absolute Gasteiger partial charge is 0.326 e. The number of hydrogen-bond donors (Lipinski definition) is 2. The number of piperidine rings is 1. The molecule has 1 saturated heterocycles. The van der Waals surface area contributed by atoms with Gasteiger partial charge in [0.2, 0.25) is 11.8 Å². The molecule has 0 radical (unpaired) electrons. The Hall–Kier alpha value is -3.15. The monoisotopic (exact) mass is 393 g/mol. The summed E-state index contributed by atoms with van der Waals surface area (Å²) in [5, 5.41) is 5.75. The molecular weight excluding hydrogens is 366 g/mol. The highest BCUT2D eigenvalue weighted by atomic mass is 16.2. The van der Waals surface area contributed by atoms with Gasteiger partial charge in [-0.3, -0.25) is 14.4 Å². The van der Waals surface area contributed by atoms with Gasteiger partial charge in [0.05, 0.1) is 0 Å². The third-order valence-electron chi connectivity index (χ3n) is 5.04. The van der Waals surface area contributed by atoms with Gasteiger partial charge in [-0.1, -0.05) is 19.9 Å². The first-order valence-electron chi connectivity index (χ1n) is 9.98. The maximum absolute atomic E-state index is 12.7. The van der Waals surface area contributed by atoms with E-state index in [1.54, 1.807) is 23.1 Å². The molecule has 0 saturated carbocycles. The average molecular weight is 393 g/mol. The highest BCUT2D eigenvalue weighted by Crippen LogP contribution is 2.24. The van der Waals surface area contributed by atoms with Crippen LogP contribution in [0.15, 0.2) is 42.5 Å². The van der Waals surface area contributed by atoms with Gasteiger partial charge in [-0.05, 0) is 61.7 Å². The second kappa shape index (κ2) is 8.90. The Bertz CT molecular complexity index is 919. The zero-order valence-corrected chi connectivity index (χ0v) is 17.1. The Balaban J connectivity index is 1.71. The highest BCUT2D eigenvalue weighted by molar-refractivity contribution is 6.05. The van der Waals surface area contributed by atoms with Gasteiger partial charge in [-0.15, -0.1) is 0 Å². The molecule has 1 fully saturated rings. The van der Waals surface area contributed by atoms with Gasteiger partial charge < -0.3 is 15.5 Å². The van der Waals surface area contributed by atoms with Gasteiger partial charge in [0.1, 0.15) is 0 Å². The first-order chi connectivity index (χ1) is 13.8. The third-order valence-corrected chi connectivity index (χ3v) is 5.04. The first kappa shape index (κ1) is 20.6. The Morgan fingerprint density at radius 3 is 2.38 bits per heavy atom. The van der Waals surface area contributed by atoms with Crippen molar-refractivity contribution in [3.8, 4) is 0 Å². The molecule has 2 aromatic carbocycles. The van der Waals surface area contributed by atoms with E-state index in [9.17, 15) is 14.4 Å². The standard InChI is InChI=1S/C23H27N3O3/c1-15(2)22(28)24-18-10-7-16(3)20(14-18)25-23(29)17-8-11-19(12-9-17)26-13-5-4-6-21(26)27/h7-12,14-15H,4-6,13H2,1-3H3,(H,24,28)(H,25,29). The van der Waals surface area contributed by atoms with E-state index in [1.807, 2.05) is 45.0 Å². The summed E-state index contributed by atoms with van der Waals surface area (Å²) in [7, 11) is 0. The molecule has 0 atom stereocenters. The van der Waals surface area contributed by atoms with Gasteiger partial charge in [0.25, 0.3) is 5.91 Å². The van der Waals surface area contributed by atoms with E-state index in [2.05, 4.69) is 10.6 Å². The van der Waals surface area contributed by atoms with E-state index < -0.39 is 0 Å². The Kier molecular flexibility index (Phi) is 6.32. The molecule has 2 N–H and O–H groups in total. The van der Waals surface area contributed by atoms with Crippen molar-refractivity contribution in [1.29, 1.82) is 0 Å². The average Bonchev–Trinajstić information content (AvgIpc) is 2.71. The number of nitrogens with zero attached hydrogens (tertiary/aromatic N) is 1. The number of benzene rings is 2. The number of hydrogen-bond acceptors (Lipinski definition) is 3. The topological polar surface area (TPSA) is 78.5 Å². The molecular formula is C23H27N3O3. The van der Waals surface area contributed by atoms with Crippen molar-refractivity contribution in [2.45, 2.75) is 40.0 Å². The molecule has 0 aromatic heterocycles. The van der Waals surface area contributed by atoms with Gasteiger partial charge in [0.15, 0.2) is 0 Å². The van der Waals surface area contributed by atoms with Crippen molar-refractivity contribution < 1.29 is 14.4 Å². The van der Waals surface area contributed by atoms with Gasteiger partial charge in [-0.25, -0.2) is 0 Å². The summed E-state index contributed by atoms with van der Waals surface area (Å²) in [5.74, 6) is -0.310. The molecule has 1 heterocycles. The summed E-state index contributed by atoms with van der Waals surface area (Å²) in [6.07, 6.45) is 2.51. The molecule has 1 aliphatic rings. The number of nitrogens with one attached hydrogen (secondary N) is 2. The van der Waals surface area contributed by atoms with Crippen molar-refractivity contribution >= 4 is 34.8 Å². The van der Waals surface area contributed by atoms with Crippen LogP contribution in [-0.2, 0) is 9.59 Å². The molecule has 0 bridgehead atoms. The number of rotatable bonds is 5. The molecule has 6 nitrogen and oxygen atoms in total. The van der Waals surface area contributed by atoms with E-state index in [0.717, 1.165) is 30.6 Å². The number of aryl methyl sites for hydroxylation is 1.